The number of nitrogens with one attached hydrogen (secondary N) is 2. The third-order valence-electron chi connectivity index (χ3n) is 5.42. The van der Waals surface area contributed by atoms with Crippen molar-refractivity contribution in [3.05, 3.63) is 36.1 Å². The number of nitrogens with zero attached hydrogens (tertiary/aromatic N) is 2. The third-order valence-corrected chi connectivity index (χ3v) is 5.42. The van der Waals surface area contributed by atoms with Gasteiger partial charge in [0, 0.05) is 31.6 Å². The Labute approximate surface area is 168 Å². The summed E-state index contributed by atoms with van der Waals surface area (Å²) in [5.41, 5.74) is 7.06. The summed E-state index contributed by atoms with van der Waals surface area (Å²) in [7, 11) is 1.74. The second kappa shape index (κ2) is 8.50. The highest BCUT2D eigenvalue weighted by atomic mass is 16.5. The molecule has 0 bridgehead atoms. The Kier molecular flexibility index (Phi) is 5.81. The van der Waals surface area contributed by atoms with Gasteiger partial charge in [-0.2, -0.15) is 0 Å². The third kappa shape index (κ3) is 4.43. The lowest BCUT2D eigenvalue weighted by Gasteiger charge is -2.36. The largest absolute Gasteiger partial charge is 0.480 e. The van der Waals surface area contributed by atoms with Gasteiger partial charge in [-0.3, -0.25) is 19.9 Å². The zero-order valence-corrected chi connectivity index (χ0v) is 16.3. The van der Waals surface area contributed by atoms with Crippen LogP contribution in [-0.2, 0) is 14.3 Å². The first-order chi connectivity index (χ1) is 14.0. The molecule has 2 aromatic rings. The van der Waals surface area contributed by atoms with Crippen molar-refractivity contribution >= 4 is 22.8 Å². The summed E-state index contributed by atoms with van der Waals surface area (Å²) < 4.78 is 11.7. The van der Waals surface area contributed by atoms with E-state index in [1.807, 2.05) is 35.2 Å². The van der Waals surface area contributed by atoms with Crippen LogP contribution in [0.3, 0.4) is 0 Å². The first-order valence-electron chi connectivity index (χ1n) is 9.79. The van der Waals surface area contributed by atoms with Gasteiger partial charge in [-0.25, -0.2) is 5.43 Å². The number of hydrazine groups is 1. The molecule has 0 saturated carbocycles. The molecule has 3 N–H and O–H groups in total. The van der Waals surface area contributed by atoms with Crippen molar-refractivity contribution in [2.45, 2.75) is 12.1 Å². The summed E-state index contributed by atoms with van der Waals surface area (Å²) >= 11 is 0. The molecule has 9 nitrogen and oxygen atoms in total. The number of morpholine rings is 1. The molecule has 0 spiro atoms. The highest BCUT2D eigenvalue weighted by Gasteiger charge is 2.39. The number of likely N-dealkylation sites (N-methyl/N-ethyl adjacent to an activating group) is 1. The van der Waals surface area contributed by atoms with Crippen LogP contribution < -0.4 is 10.9 Å². The van der Waals surface area contributed by atoms with E-state index in [1.54, 1.807) is 11.9 Å². The Morgan fingerprint density at radius 3 is 2.97 bits per heavy atom. The molecule has 2 aliphatic heterocycles. The second-order valence-electron chi connectivity index (χ2n) is 7.66. The molecule has 29 heavy (non-hydrogen) atoms. The standard InChI is InChI=1S/C20H26N4O5/c1-23(12-18(25)26)10-14-11-24(6-7-28-14)20(27)15-9-21-22-19(15)17-8-13-4-2-3-5-16(13)29-17/h2-5,8,14-15,19,21-22H,6-7,9-12H2,1H3,(H,25,26). The monoisotopic (exact) mass is 402 g/mol. The van der Waals surface area contributed by atoms with E-state index < -0.39 is 5.97 Å². The number of carboxylic acid groups (broad SMARTS) is 1. The number of carbonyl (C=O) groups is 2. The van der Waals surface area contributed by atoms with Gasteiger partial charge in [0.2, 0.25) is 5.91 Å². The van der Waals surface area contributed by atoms with Crippen molar-refractivity contribution in [3.8, 4) is 0 Å². The summed E-state index contributed by atoms with van der Waals surface area (Å²) in [6.45, 7) is 2.35. The van der Waals surface area contributed by atoms with Crippen molar-refractivity contribution in [3.63, 3.8) is 0 Å². The number of carbonyl (C=O) groups excluding carboxylic acids is 1. The normalized spacial score (nSPS) is 25.0. The molecule has 2 aliphatic rings. The van der Waals surface area contributed by atoms with E-state index in [0.29, 0.717) is 32.8 Å². The van der Waals surface area contributed by atoms with Crippen molar-refractivity contribution in [1.82, 2.24) is 20.7 Å². The van der Waals surface area contributed by atoms with Gasteiger partial charge in [0.25, 0.3) is 0 Å². The fraction of sp³-hybridized carbons (Fsp3) is 0.500. The average Bonchev–Trinajstić information content (AvgIpc) is 3.33. The van der Waals surface area contributed by atoms with Gasteiger partial charge in [0.15, 0.2) is 0 Å². The van der Waals surface area contributed by atoms with Gasteiger partial charge in [0.05, 0.1) is 31.2 Å². The molecule has 156 valence electrons. The minimum atomic E-state index is -0.881. The van der Waals surface area contributed by atoms with E-state index in [2.05, 4.69) is 10.9 Å². The van der Waals surface area contributed by atoms with Crippen LogP contribution in [0.2, 0.25) is 0 Å². The van der Waals surface area contributed by atoms with Gasteiger partial charge in [0.1, 0.15) is 11.3 Å². The van der Waals surface area contributed by atoms with E-state index in [4.69, 9.17) is 14.3 Å². The Balaban J connectivity index is 1.43. The molecular weight excluding hydrogens is 376 g/mol. The summed E-state index contributed by atoms with van der Waals surface area (Å²) in [6.07, 6.45) is -0.205. The molecule has 1 aromatic carbocycles. The molecule has 0 radical (unpaired) electrons. The lowest BCUT2D eigenvalue weighted by molar-refractivity contribution is -0.145. The molecular formula is C20H26N4O5. The minimum Gasteiger partial charge on any atom is -0.480 e. The van der Waals surface area contributed by atoms with Crippen LogP contribution >= 0.6 is 0 Å². The van der Waals surface area contributed by atoms with E-state index in [0.717, 1.165) is 16.7 Å². The summed E-state index contributed by atoms with van der Waals surface area (Å²) in [5.74, 6) is -0.387. The number of para-hydroxylation sites is 1. The van der Waals surface area contributed by atoms with Crippen LogP contribution in [0.1, 0.15) is 11.8 Å². The van der Waals surface area contributed by atoms with Gasteiger partial charge in [-0.1, -0.05) is 18.2 Å². The number of hydrogen-bond acceptors (Lipinski definition) is 7. The predicted octanol–water partition coefficient (Wildman–Crippen LogP) is 0.442. The van der Waals surface area contributed by atoms with Crippen LogP contribution in [0.15, 0.2) is 34.7 Å². The summed E-state index contributed by atoms with van der Waals surface area (Å²) in [5, 5.41) is 9.93. The van der Waals surface area contributed by atoms with Crippen LogP contribution in [0.4, 0.5) is 0 Å². The summed E-state index contributed by atoms with van der Waals surface area (Å²) in [4.78, 5) is 27.6. The van der Waals surface area contributed by atoms with Gasteiger partial charge in [-0.15, -0.1) is 0 Å². The Morgan fingerprint density at radius 1 is 1.34 bits per heavy atom. The number of carboxylic acids is 1. The molecule has 1 aromatic heterocycles. The molecule has 3 heterocycles. The highest BCUT2D eigenvalue weighted by Crippen LogP contribution is 2.31. The molecule has 9 heteroatoms. The maximum atomic E-state index is 13.2. The van der Waals surface area contributed by atoms with Crippen molar-refractivity contribution < 1.29 is 23.8 Å². The molecule has 0 aliphatic carbocycles. The van der Waals surface area contributed by atoms with Crippen LogP contribution in [-0.4, -0.2) is 79.3 Å². The van der Waals surface area contributed by atoms with Crippen LogP contribution in [0, 0.1) is 5.92 Å². The number of aliphatic carboxylic acids is 1. The van der Waals surface area contributed by atoms with Crippen molar-refractivity contribution in [2.24, 2.45) is 5.92 Å². The number of hydrogen-bond donors (Lipinski definition) is 3. The lowest BCUT2D eigenvalue weighted by Crippen LogP contribution is -2.51. The highest BCUT2D eigenvalue weighted by molar-refractivity contribution is 5.82. The molecule has 4 rings (SSSR count). The maximum Gasteiger partial charge on any atom is 0.317 e. The fourth-order valence-electron chi connectivity index (χ4n) is 4.06. The molecule has 3 atom stereocenters. The molecule has 2 saturated heterocycles. The topological polar surface area (TPSA) is 107 Å². The lowest BCUT2D eigenvalue weighted by atomic mass is 9.97. The fourth-order valence-corrected chi connectivity index (χ4v) is 4.06. The maximum absolute atomic E-state index is 13.2. The minimum absolute atomic E-state index is 0.0437. The quantitative estimate of drug-likeness (QED) is 0.639. The number of benzene rings is 1. The van der Waals surface area contributed by atoms with E-state index in [-0.39, 0.29) is 30.5 Å². The second-order valence-corrected chi connectivity index (χ2v) is 7.66. The number of rotatable bonds is 6. The number of amides is 1. The smallest absolute Gasteiger partial charge is 0.317 e. The predicted molar refractivity (Wildman–Crippen MR) is 105 cm³/mol. The first-order valence-corrected chi connectivity index (χ1v) is 9.79. The average molecular weight is 402 g/mol. The van der Waals surface area contributed by atoms with Crippen LogP contribution in [0.25, 0.3) is 11.0 Å². The molecule has 3 unspecified atom stereocenters. The van der Waals surface area contributed by atoms with Crippen molar-refractivity contribution in [2.75, 3.05) is 46.4 Å². The van der Waals surface area contributed by atoms with E-state index in [1.165, 1.54) is 0 Å². The van der Waals surface area contributed by atoms with Crippen molar-refractivity contribution in [1.29, 1.82) is 0 Å². The van der Waals surface area contributed by atoms with Gasteiger partial charge < -0.3 is 19.2 Å². The van der Waals surface area contributed by atoms with Gasteiger partial charge >= 0.3 is 5.97 Å². The Morgan fingerprint density at radius 2 is 2.17 bits per heavy atom. The number of fused-ring (bicyclic) bond motifs is 1. The Bertz CT molecular complexity index is 852. The number of furan rings is 1. The molecule has 1 amide bonds. The van der Waals surface area contributed by atoms with E-state index in [9.17, 15) is 9.59 Å². The first kappa shape index (κ1) is 19.8. The van der Waals surface area contributed by atoms with Gasteiger partial charge in [-0.05, 0) is 19.2 Å². The number of ether oxygens (including phenoxy) is 1. The SMILES string of the molecule is CN(CC(=O)O)CC1CN(C(=O)C2CNNC2c2cc3ccccc3o2)CCO1. The zero-order valence-electron chi connectivity index (χ0n) is 16.3. The zero-order chi connectivity index (χ0) is 20.4. The van der Waals surface area contributed by atoms with Crippen LogP contribution in [0.5, 0.6) is 0 Å². The Hall–Kier alpha value is -2.46. The van der Waals surface area contributed by atoms with E-state index >= 15 is 0 Å². The molecule has 2 fully saturated rings. The summed E-state index contributed by atoms with van der Waals surface area (Å²) in [6, 6.07) is 9.52.